The van der Waals surface area contributed by atoms with Crippen LogP contribution in [0.15, 0.2) is 48.8 Å². The third kappa shape index (κ3) is 4.04. The quantitative estimate of drug-likeness (QED) is 0.702. The zero-order chi connectivity index (χ0) is 17.8. The predicted molar refractivity (Wildman–Crippen MR) is 94.9 cm³/mol. The van der Waals surface area contributed by atoms with Crippen LogP contribution < -0.4 is 5.32 Å². The van der Waals surface area contributed by atoms with Gasteiger partial charge in [0.1, 0.15) is 5.52 Å². The molecule has 3 rings (SSSR count). The fraction of sp³-hybridized carbons (Fsp3) is 0.0588. The van der Waals surface area contributed by atoms with Crippen LogP contribution in [0.5, 0.6) is 0 Å². The molecule has 1 N–H and O–H groups in total. The van der Waals surface area contributed by atoms with Gasteiger partial charge in [0.2, 0.25) is 0 Å². The van der Waals surface area contributed by atoms with Crippen molar-refractivity contribution in [3.8, 4) is 0 Å². The molecule has 0 aliphatic carbocycles. The highest BCUT2D eigenvalue weighted by molar-refractivity contribution is 6.35. The number of carbonyl (C=O) groups is 2. The summed E-state index contributed by atoms with van der Waals surface area (Å²) in [5.41, 5.74) is 1.55. The molecule has 8 heteroatoms. The summed E-state index contributed by atoms with van der Waals surface area (Å²) in [6, 6.07) is 9.61. The van der Waals surface area contributed by atoms with Crippen LogP contribution in [0.1, 0.15) is 10.4 Å². The van der Waals surface area contributed by atoms with Crippen molar-refractivity contribution in [3.05, 3.63) is 64.4 Å². The number of nitrogens with one attached hydrogen (secondary N) is 1. The van der Waals surface area contributed by atoms with Gasteiger partial charge in [-0.05, 0) is 30.3 Å². The molecule has 0 unspecified atom stereocenters. The Bertz CT molecular complexity index is 958. The maximum Gasteiger partial charge on any atom is 0.340 e. The van der Waals surface area contributed by atoms with E-state index in [1.54, 1.807) is 30.3 Å². The van der Waals surface area contributed by atoms with Crippen LogP contribution in [0, 0.1) is 0 Å². The summed E-state index contributed by atoms with van der Waals surface area (Å²) in [6.45, 7) is -0.474. The SMILES string of the molecule is O=C(COC(=O)c1cccc2nccnc12)Nc1cc(Cl)ccc1Cl. The van der Waals surface area contributed by atoms with E-state index in [1.807, 2.05) is 0 Å². The summed E-state index contributed by atoms with van der Waals surface area (Å²) >= 11 is 11.8. The molecule has 0 bridgehead atoms. The highest BCUT2D eigenvalue weighted by atomic mass is 35.5. The lowest BCUT2D eigenvalue weighted by Crippen LogP contribution is -2.21. The largest absolute Gasteiger partial charge is 0.452 e. The lowest BCUT2D eigenvalue weighted by molar-refractivity contribution is -0.119. The van der Waals surface area contributed by atoms with Crippen LogP contribution in [0.2, 0.25) is 10.0 Å². The lowest BCUT2D eigenvalue weighted by atomic mass is 10.2. The van der Waals surface area contributed by atoms with Crippen molar-refractivity contribution in [2.24, 2.45) is 0 Å². The minimum absolute atomic E-state index is 0.235. The highest BCUT2D eigenvalue weighted by Crippen LogP contribution is 2.25. The van der Waals surface area contributed by atoms with Gasteiger partial charge in [-0.3, -0.25) is 14.8 Å². The van der Waals surface area contributed by atoms with E-state index < -0.39 is 18.5 Å². The van der Waals surface area contributed by atoms with E-state index in [0.717, 1.165) is 0 Å². The normalized spacial score (nSPS) is 10.5. The van der Waals surface area contributed by atoms with E-state index in [2.05, 4.69) is 15.3 Å². The first-order valence-electron chi connectivity index (χ1n) is 7.16. The summed E-state index contributed by atoms with van der Waals surface area (Å²) in [4.78, 5) is 32.4. The van der Waals surface area contributed by atoms with Gasteiger partial charge in [-0.15, -0.1) is 0 Å². The van der Waals surface area contributed by atoms with E-state index in [1.165, 1.54) is 18.5 Å². The molecule has 0 saturated carbocycles. The van der Waals surface area contributed by atoms with Gasteiger partial charge >= 0.3 is 5.97 Å². The fourth-order valence-corrected chi connectivity index (χ4v) is 2.48. The van der Waals surface area contributed by atoms with Crippen molar-refractivity contribution in [1.29, 1.82) is 0 Å². The Morgan fingerprint density at radius 1 is 1.08 bits per heavy atom. The number of ether oxygens (including phenoxy) is 1. The van der Waals surface area contributed by atoms with Gasteiger partial charge in [-0.25, -0.2) is 4.79 Å². The van der Waals surface area contributed by atoms with Crippen molar-refractivity contribution in [2.75, 3.05) is 11.9 Å². The Hall–Kier alpha value is -2.70. The van der Waals surface area contributed by atoms with Crippen LogP contribution in [-0.2, 0) is 9.53 Å². The van der Waals surface area contributed by atoms with E-state index in [-0.39, 0.29) is 5.56 Å². The van der Waals surface area contributed by atoms with Gasteiger partial charge in [0.25, 0.3) is 5.91 Å². The summed E-state index contributed by atoms with van der Waals surface area (Å²) in [5.74, 6) is -1.21. The molecule has 1 amide bonds. The Balaban J connectivity index is 1.67. The highest BCUT2D eigenvalue weighted by Gasteiger charge is 2.15. The number of carbonyl (C=O) groups excluding carboxylic acids is 2. The molecule has 0 atom stereocenters. The minimum atomic E-state index is -0.668. The van der Waals surface area contributed by atoms with Gasteiger partial charge in [-0.1, -0.05) is 29.3 Å². The summed E-state index contributed by atoms with van der Waals surface area (Å²) in [5, 5.41) is 3.28. The van der Waals surface area contributed by atoms with Gasteiger partial charge in [0.15, 0.2) is 6.61 Å². The Labute approximate surface area is 152 Å². The number of hydrogen-bond donors (Lipinski definition) is 1. The molecule has 1 aromatic heterocycles. The third-order valence-corrected chi connectivity index (χ3v) is 3.82. The maximum atomic E-state index is 12.2. The monoisotopic (exact) mass is 375 g/mol. The molecule has 6 nitrogen and oxygen atoms in total. The van der Waals surface area contributed by atoms with Crippen molar-refractivity contribution < 1.29 is 14.3 Å². The molecule has 0 spiro atoms. The second kappa shape index (κ2) is 7.46. The smallest absolute Gasteiger partial charge is 0.340 e. The number of amides is 1. The van der Waals surface area contributed by atoms with Crippen LogP contribution in [0.4, 0.5) is 5.69 Å². The Kier molecular flexibility index (Phi) is 5.11. The lowest BCUT2D eigenvalue weighted by Gasteiger charge is -2.09. The number of fused-ring (bicyclic) bond motifs is 1. The third-order valence-electron chi connectivity index (χ3n) is 3.26. The number of para-hydroxylation sites is 1. The second-order valence-corrected chi connectivity index (χ2v) is 5.82. The number of esters is 1. The van der Waals surface area contributed by atoms with Crippen LogP contribution in [0.25, 0.3) is 11.0 Å². The molecule has 25 heavy (non-hydrogen) atoms. The molecule has 3 aromatic rings. The summed E-state index contributed by atoms with van der Waals surface area (Å²) < 4.78 is 5.05. The zero-order valence-corrected chi connectivity index (χ0v) is 14.2. The number of rotatable bonds is 4. The van der Waals surface area contributed by atoms with Gasteiger partial charge in [0, 0.05) is 17.4 Å². The molecular weight excluding hydrogens is 365 g/mol. The number of benzene rings is 2. The van der Waals surface area contributed by atoms with Crippen molar-refractivity contribution in [2.45, 2.75) is 0 Å². The molecule has 2 aromatic carbocycles. The minimum Gasteiger partial charge on any atom is -0.452 e. The van der Waals surface area contributed by atoms with Crippen molar-refractivity contribution >= 4 is 51.8 Å². The number of nitrogens with zero attached hydrogens (tertiary/aromatic N) is 2. The van der Waals surface area contributed by atoms with Crippen LogP contribution >= 0.6 is 23.2 Å². The Morgan fingerprint density at radius 2 is 1.88 bits per heavy atom. The van der Waals surface area contributed by atoms with Gasteiger partial charge < -0.3 is 10.1 Å². The average molecular weight is 376 g/mol. The number of aromatic nitrogens is 2. The number of anilines is 1. The topological polar surface area (TPSA) is 81.2 Å². The van der Waals surface area contributed by atoms with Crippen LogP contribution in [-0.4, -0.2) is 28.5 Å². The summed E-state index contributed by atoms with van der Waals surface area (Å²) in [7, 11) is 0. The first-order chi connectivity index (χ1) is 12.0. The second-order valence-electron chi connectivity index (χ2n) is 4.98. The summed E-state index contributed by atoms with van der Waals surface area (Å²) in [6.07, 6.45) is 3.01. The predicted octanol–water partition coefficient (Wildman–Crippen LogP) is 3.73. The maximum absolute atomic E-state index is 12.2. The number of halogens is 2. The van der Waals surface area contributed by atoms with Crippen molar-refractivity contribution in [1.82, 2.24) is 9.97 Å². The van der Waals surface area contributed by atoms with E-state index >= 15 is 0 Å². The van der Waals surface area contributed by atoms with E-state index in [9.17, 15) is 9.59 Å². The number of hydrogen-bond acceptors (Lipinski definition) is 5. The first kappa shape index (κ1) is 17.1. The first-order valence-corrected chi connectivity index (χ1v) is 7.92. The van der Waals surface area contributed by atoms with Gasteiger partial charge in [0.05, 0.1) is 21.8 Å². The molecule has 0 fully saturated rings. The van der Waals surface area contributed by atoms with E-state index in [4.69, 9.17) is 27.9 Å². The molecule has 0 saturated heterocycles. The molecular formula is C17H11Cl2N3O3. The zero-order valence-electron chi connectivity index (χ0n) is 12.7. The molecule has 1 heterocycles. The fourth-order valence-electron chi connectivity index (χ4n) is 2.15. The molecule has 0 radical (unpaired) electrons. The van der Waals surface area contributed by atoms with Crippen LogP contribution in [0.3, 0.4) is 0 Å². The van der Waals surface area contributed by atoms with Gasteiger partial charge in [-0.2, -0.15) is 0 Å². The van der Waals surface area contributed by atoms with E-state index in [0.29, 0.717) is 26.8 Å². The van der Waals surface area contributed by atoms with Crippen molar-refractivity contribution in [3.63, 3.8) is 0 Å². The average Bonchev–Trinajstić information content (AvgIpc) is 2.62. The standard InChI is InChI=1S/C17H11Cl2N3O3/c18-10-4-5-12(19)14(8-10)22-15(23)9-25-17(24)11-2-1-3-13-16(11)21-7-6-20-13/h1-8H,9H2,(H,22,23). The Morgan fingerprint density at radius 3 is 2.72 bits per heavy atom. The molecule has 0 aliphatic rings. The molecule has 126 valence electrons. The molecule has 0 aliphatic heterocycles.